The molecule has 0 radical (unpaired) electrons. The maximum atomic E-state index is 3.37. The summed E-state index contributed by atoms with van der Waals surface area (Å²) in [7, 11) is 4.19. The Hall–Kier alpha value is -0.120. The Morgan fingerprint density at radius 3 is 2.00 bits per heavy atom. The van der Waals surface area contributed by atoms with Crippen LogP contribution in [0.25, 0.3) is 0 Å². The summed E-state index contributed by atoms with van der Waals surface area (Å²) < 4.78 is 0. The van der Waals surface area contributed by atoms with Gasteiger partial charge in [0.15, 0.2) is 0 Å². The molecule has 0 atom stereocenters. The van der Waals surface area contributed by atoms with E-state index in [-0.39, 0.29) is 0 Å². The fraction of sp³-hybridized carbons (Fsp3) is 1.00. The van der Waals surface area contributed by atoms with Crippen LogP contribution in [0.1, 0.15) is 13.3 Å². The summed E-state index contributed by atoms with van der Waals surface area (Å²) in [6.07, 6.45) is 1.22. The first-order valence-electron chi connectivity index (χ1n) is 4.83. The maximum Gasteiger partial charge on any atom is 0.0101 e. The van der Waals surface area contributed by atoms with Crippen LogP contribution in [0.5, 0.6) is 0 Å². The van der Waals surface area contributed by atoms with Gasteiger partial charge in [0.1, 0.15) is 0 Å². The molecule has 74 valence electrons. The lowest BCUT2D eigenvalue weighted by molar-refractivity contribution is 0.400. The van der Waals surface area contributed by atoms with Crippen LogP contribution in [-0.4, -0.2) is 51.7 Å². The molecular formula is C9H23N3. The van der Waals surface area contributed by atoms with Crippen molar-refractivity contribution < 1.29 is 0 Å². The van der Waals surface area contributed by atoms with Gasteiger partial charge in [-0.05, 0) is 27.1 Å². The molecule has 0 fully saturated rings. The summed E-state index contributed by atoms with van der Waals surface area (Å²) in [5, 5.41) is 6.72. The van der Waals surface area contributed by atoms with Gasteiger partial charge in [-0.25, -0.2) is 0 Å². The number of nitrogens with zero attached hydrogens (tertiary/aromatic N) is 1. The molecule has 0 rings (SSSR count). The van der Waals surface area contributed by atoms with Crippen LogP contribution in [0, 0.1) is 0 Å². The molecule has 0 amide bonds. The van der Waals surface area contributed by atoms with E-state index in [0.717, 1.165) is 32.7 Å². The largest absolute Gasteiger partial charge is 0.315 e. The van der Waals surface area contributed by atoms with Crippen LogP contribution < -0.4 is 10.6 Å². The lowest BCUT2D eigenvalue weighted by Gasteiger charge is -2.10. The van der Waals surface area contributed by atoms with E-state index < -0.39 is 0 Å². The summed E-state index contributed by atoms with van der Waals surface area (Å²) in [6, 6.07) is 0. The molecule has 0 aromatic carbocycles. The maximum absolute atomic E-state index is 3.37. The van der Waals surface area contributed by atoms with Crippen LogP contribution in [-0.2, 0) is 0 Å². The van der Waals surface area contributed by atoms with E-state index in [1.165, 1.54) is 6.42 Å². The number of hydrogen-bond donors (Lipinski definition) is 2. The lowest BCUT2D eigenvalue weighted by atomic mass is 10.4. The monoisotopic (exact) mass is 173 g/mol. The fourth-order valence-electron chi connectivity index (χ4n) is 0.906. The second-order valence-corrected chi connectivity index (χ2v) is 3.30. The third-order valence-corrected chi connectivity index (χ3v) is 1.64. The minimum atomic E-state index is 1.08. The first-order valence-corrected chi connectivity index (χ1v) is 4.83. The Morgan fingerprint density at radius 1 is 0.917 bits per heavy atom. The van der Waals surface area contributed by atoms with Crippen molar-refractivity contribution in [3.05, 3.63) is 0 Å². The standard InChI is InChI=1S/C9H23N3/c1-4-5-10-6-7-11-8-9-12(2)3/h10-11H,4-9H2,1-3H3. The van der Waals surface area contributed by atoms with E-state index in [1.807, 2.05) is 0 Å². The van der Waals surface area contributed by atoms with Crippen LogP contribution in [0.15, 0.2) is 0 Å². The van der Waals surface area contributed by atoms with Crippen molar-refractivity contribution >= 4 is 0 Å². The zero-order valence-corrected chi connectivity index (χ0v) is 8.69. The van der Waals surface area contributed by atoms with Crippen molar-refractivity contribution in [2.75, 3.05) is 46.8 Å². The molecule has 3 heteroatoms. The zero-order valence-electron chi connectivity index (χ0n) is 8.69. The van der Waals surface area contributed by atoms with Gasteiger partial charge in [-0.1, -0.05) is 6.92 Å². The molecule has 0 aromatic rings. The first kappa shape index (κ1) is 11.9. The number of likely N-dealkylation sites (N-methyl/N-ethyl adjacent to an activating group) is 1. The topological polar surface area (TPSA) is 27.3 Å². The third kappa shape index (κ3) is 9.88. The minimum absolute atomic E-state index is 1.08. The van der Waals surface area contributed by atoms with Crippen molar-refractivity contribution in [2.45, 2.75) is 13.3 Å². The lowest BCUT2D eigenvalue weighted by Crippen LogP contribution is -2.32. The van der Waals surface area contributed by atoms with E-state index in [2.05, 4.69) is 36.6 Å². The summed E-state index contributed by atoms with van der Waals surface area (Å²) in [4.78, 5) is 2.19. The minimum Gasteiger partial charge on any atom is -0.315 e. The van der Waals surface area contributed by atoms with Crippen molar-refractivity contribution in [3.63, 3.8) is 0 Å². The molecule has 0 unspecified atom stereocenters. The average Bonchev–Trinajstić information content (AvgIpc) is 2.02. The van der Waals surface area contributed by atoms with Crippen LogP contribution in [0.2, 0.25) is 0 Å². The van der Waals surface area contributed by atoms with Crippen molar-refractivity contribution in [1.29, 1.82) is 0 Å². The van der Waals surface area contributed by atoms with Gasteiger partial charge >= 0.3 is 0 Å². The molecule has 0 aliphatic carbocycles. The van der Waals surface area contributed by atoms with Gasteiger partial charge in [-0.3, -0.25) is 0 Å². The highest BCUT2D eigenvalue weighted by Crippen LogP contribution is 1.71. The van der Waals surface area contributed by atoms with Crippen LogP contribution >= 0.6 is 0 Å². The summed E-state index contributed by atoms with van der Waals surface area (Å²) in [5.41, 5.74) is 0. The molecule has 12 heavy (non-hydrogen) atoms. The van der Waals surface area contributed by atoms with Gasteiger partial charge < -0.3 is 15.5 Å². The molecule has 0 saturated carbocycles. The Balaban J connectivity index is 2.82. The second-order valence-electron chi connectivity index (χ2n) is 3.30. The Bertz CT molecular complexity index is 83.8. The summed E-state index contributed by atoms with van der Waals surface area (Å²) >= 11 is 0. The predicted octanol–water partition coefficient (Wildman–Crippen LogP) is 0.137. The Kier molecular flexibility index (Phi) is 8.88. The molecule has 0 heterocycles. The van der Waals surface area contributed by atoms with E-state index in [4.69, 9.17) is 0 Å². The molecule has 0 saturated heterocycles. The van der Waals surface area contributed by atoms with Crippen molar-refractivity contribution in [2.24, 2.45) is 0 Å². The van der Waals surface area contributed by atoms with E-state index in [1.54, 1.807) is 0 Å². The van der Waals surface area contributed by atoms with Gasteiger partial charge in [0.25, 0.3) is 0 Å². The number of rotatable bonds is 8. The van der Waals surface area contributed by atoms with Gasteiger partial charge in [0, 0.05) is 26.2 Å². The normalized spacial score (nSPS) is 11.0. The van der Waals surface area contributed by atoms with Crippen molar-refractivity contribution in [1.82, 2.24) is 15.5 Å². The second kappa shape index (κ2) is 8.97. The fourth-order valence-corrected chi connectivity index (χ4v) is 0.906. The summed E-state index contributed by atoms with van der Waals surface area (Å²) in [6.45, 7) is 7.69. The molecule has 0 bridgehead atoms. The van der Waals surface area contributed by atoms with Crippen LogP contribution in [0.3, 0.4) is 0 Å². The SMILES string of the molecule is CCCNCCNCCN(C)C. The highest BCUT2D eigenvalue weighted by Gasteiger charge is 1.89. The first-order chi connectivity index (χ1) is 5.77. The predicted molar refractivity (Wildman–Crippen MR) is 54.6 cm³/mol. The van der Waals surface area contributed by atoms with Gasteiger partial charge in [0.2, 0.25) is 0 Å². The quantitative estimate of drug-likeness (QED) is 0.511. The van der Waals surface area contributed by atoms with Crippen LogP contribution in [0.4, 0.5) is 0 Å². The molecule has 0 aliphatic rings. The zero-order chi connectivity index (χ0) is 9.23. The smallest absolute Gasteiger partial charge is 0.0101 e. The number of hydrogen-bond acceptors (Lipinski definition) is 3. The van der Waals surface area contributed by atoms with E-state index in [9.17, 15) is 0 Å². The number of nitrogens with one attached hydrogen (secondary N) is 2. The average molecular weight is 173 g/mol. The van der Waals surface area contributed by atoms with Gasteiger partial charge in [-0.15, -0.1) is 0 Å². The summed E-state index contributed by atoms with van der Waals surface area (Å²) in [5.74, 6) is 0. The highest BCUT2D eigenvalue weighted by atomic mass is 15.1. The van der Waals surface area contributed by atoms with E-state index >= 15 is 0 Å². The van der Waals surface area contributed by atoms with E-state index in [0.29, 0.717) is 0 Å². The molecule has 2 N–H and O–H groups in total. The van der Waals surface area contributed by atoms with Crippen molar-refractivity contribution in [3.8, 4) is 0 Å². The highest BCUT2D eigenvalue weighted by molar-refractivity contribution is 4.53. The molecule has 0 aliphatic heterocycles. The third-order valence-electron chi connectivity index (χ3n) is 1.64. The van der Waals surface area contributed by atoms with Gasteiger partial charge in [-0.2, -0.15) is 0 Å². The Labute approximate surface area is 76.5 Å². The molecule has 0 aromatic heterocycles. The molecule has 0 spiro atoms. The Morgan fingerprint density at radius 2 is 1.50 bits per heavy atom. The van der Waals surface area contributed by atoms with Gasteiger partial charge in [0.05, 0.1) is 0 Å². The molecule has 3 nitrogen and oxygen atoms in total. The molecular weight excluding hydrogens is 150 g/mol.